The second kappa shape index (κ2) is 6.47. The van der Waals surface area contributed by atoms with Gasteiger partial charge in [-0.15, -0.1) is 0 Å². The van der Waals surface area contributed by atoms with E-state index in [1.54, 1.807) is 0 Å². The minimum atomic E-state index is -3.61. The van der Waals surface area contributed by atoms with Crippen molar-refractivity contribution in [3.8, 4) is 5.75 Å². The zero-order valence-corrected chi connectivity index (χ0v) is 11.2. The van der Waals surface area contributed by atoms with Gasteiger partial charge in [0.25, 0.3) is 0 Å². The summed E-state index contributed by atoms with van der Waals surface area (Å²) in [4.78, 5) is 10.6. The van der Waals surface area contributed by atoms with Crippen LogP contribution in [0, 0.1) is 0 Å². The van der Waals surface area contributed by atoms with Crippen LogP contribution in [0.15, 0.2) is 36.4 Å². The number of alkyl halides is 2. The summed E-state index contributed by atoms with van der Waals surface area (Å²) >= 11 is 0. The van der Waals surface area contributed by atoms with E-state index >= 15 is 0 Å². The number of rotatable bonds is 6. The summed E-state index contributed by atoms with van der Waals surface area (Å²) in [6.45, 7) is 3.63. The first kappa shape index (κ1) is 16.1. The third kappa shape index (κ3) is 3.77. The Morgan fingerprint density at radius 1 is 1.40 bits per heavy atom. The van der Waals surface area contributed by atoms with Crippen LogP contribution in [0.3, 0.4) is 0 Å². The smallest absolute Gasteiger partial charge is 0.302 e. The largest absolute Gasteiger partial charge is 0.497 e. The number of esters is 1. The van der Waals surface area contributed by atoms with Gasteiger partial charge in [0.05, 0.1) is 7.11 Å². The van der Waals surface area contributed by atoms with E-state index in [4.69, 9.17) is 4.74 Å². The van der Waals surface area contributed by atoms with Crippen molar-refractivity contribution in [1.29, 1.82) is 0 Å². The Balaban J connectivity index is 2.83. The second-order valence-electron chi connectivity index (χ2n) is 4.18. The maximum atomic E-state index is 14.0. The molecule has 0 aliphatic heterocycles. The number of aliphatic hydroxyl groups is 1. The van der Waals surface area contributed by atoms with Crippen LogP contribution in [-0.2, 0) is 9.53 Å². The first-order valence-electron chi connectivity index (χ1n) is 5.80. The molecule has 0 radical (unpaired) electrons. The van der Waals surface area contributed by atoms with Crippen LogP contribution in [0.4, 0.5) is 8.78 Å². The van der Waals surface area contributed by atoms with E-state index in [9.17, 15) is 18.7 Å². The Morgan fingerprint density at radius 2 is 1.95 bits per heavy atom. The van der Waals surface area contributed by atoms with E-state index < -0.39 is 30.2 Å². The SMILES string of the molecule is C=C(COC(C)=O)C(F)(F)C(O)c1ccc(OC)cc1. The van der Waals surface area contributed by atoms with Gasteiger partial charge in [-0.1, -0.05) is 18.7 Å². The van der Waals surface area contributed by atoms with E-state index in [0.29, 0.717) is 5.75 Å². The zero-order valence-electron chi connectivity index (χ0n) is 11.2. The van der Waals surface area contributed by atoms with Gasteiger partial charge in [-0.25, -0.2) is 0 Å². The van der Waals surface area contributed by atoms with Crippen LogP contribution in [0.2, 0.25) is 0 Å². The summed E-state index contributed by atoms with van der Waals surface area (Å²) < 4.78 is 37.3. The molecular weight excluding hydrogens is 270 g/mol. The normalized spacial score (nSPS) is 12.7. The van der Waals surface area contributed by atoms with Crippen molar-refractivity contribution in [3.63, 3.8) is 0 Å². The summed E-state index contributed by atoms with van der Waals surface area (Å²) in [6, 6.07) is 5.58. The number of halogens is 2. The summed E-state index contributed by atoms with van der Waals surface area (Å²) in [6.07, 6.45) is -2.07. The molecule has 1 N–H and O–H groups in total. The second-order valence-corrected chi connectivity index (χ2v) is 4.18. The molecule has 0 aromatic heterocycles. The molecule has 110 valence electrons. The van der Waals surface area contributed by atoms with Crippen molar-refractivity contribution in [2.45, 2.75) is 19.0 Å². The van der Waals surface area contributed by atoms with E-state index in [0.717, 1.165) is 6.92 Å². The maximum absolute atomic E-state index is 14.0. The summed E-state index contributed by atoms with van der Waals surface area (Å²) in [7, 11) is 1.45. The fourth-order valence-electron chi connectivity index (χ4n) is 1.47. The predicted octanol–water partition coefficient (Wildman–Crippen LogP) is 2.48. The lowest BCUT2D eigenvalue weighted by molar-refractivity contribution is -0.142. The van der Waals surface area contributed by atoms with Crippen LogP contribution >= 0.6 is 0 Å². The van der Waals surface area contributed by atoms with Gasteiger partial charge in [-0.3, -0.25) is 4.79 Å². The number of benzene rings is 1. The van der Waals surface area contributed by atoms with Gasteiger partial charge in [0.1, 0.15) is 18.5 Å². The van der Waals surface area contributed by atoms with E-state index in [1.165, 1.54) is 31.4 Å². The lowest BCUT2D eigenvalue weighted by atomic mass is 9.98. The van der Waals surface area contributed by atoms with Crippen LogP contribution in [0.5, 0.6) is 5.75 Å². The highest BCUT2D eigenvalue weighted by Crippen LogP contribution is 2.37. The molecular formula is C14H16F2O4. The summed E-state index contributed by atoms with van der Waals surface area (Å²) in [5, 5.41) is 9.76. The van der Waals surface area contributed by atoms with Gasteiger partial charge in [-0.05, 0) is 17.7 Å². The number of ether oxygens (including phenoxy) is 2. The molecule has 0 saturated carbocycles. The molecule has 20 heavy (non-hydrogen) atoms. The van der Waals surface area contributed by atoms with E-state index in [1.807, 2.05) is 0 Å². The molecule has 4 nitrogen and oxygen atoms in total. The highest BCUT2D eigenvalue weighted by atomic mass is 19.3. The Labute approximate surface area is 115 Å². The van der Waals surface area contributed by atoms with Crippen molar-refractivity contribution in [2.75, 3.05) is 13.7 Å². The predicted molar refractivity (Wildman–Crippen MR) is 68.7 cm³/mol. The van der Waals surface area contributed by atoms with Gasteiger partial charge in [0, 0.05) is 12.5 Å². The molecule has 1 atom stereocenters. The highest BCUT2D eigenvalue weighted by Gasteiger charge is 2.42. The molecule has 0 saturated heterocycles. The van der Waals surface area contributed by atoms with Crippen molar-refractivity contribution in [1.82, 2.24) is 0 Å². The maximum Gasteiger partial charge on any atom is 0.302 e. The van der Waals surface area contributed by atoms with Crippen molar-refractivity contribution in [2.24, 2.45) is 0 Å². The van der Waals surface area contributed by atoms with Gasteiger partial charge < -0.3 is 14.6 Å². The number of hydrogen-bond acceptors (Lipinski definition) is 4. The molecule has 0 spiro atoms. The fourth-order valence-corrected chi connectivity index (χ4v) is 1.47. The number of methoxy groups -OCH3 is 1. The van der Waals surface area contributed by atoms with Crippen LogP contribution in [-0.4, -0.2) is 30.7 Å². The first-order chi connectivity index (χ1) is 9.28. The quantitative estimate of drug-likeness (QED) is 0.645. The minimum Gasteiger partial charge on any atom is -0.497 e. The Morgan fingerprint density at radius 3 is 2.40 bits per heavy atom. The van der Waals surface area contributed by atoms with E-state index in [-0.39, 0.29) is 5.56 Å². The molecule has 0 aliphatic carbocycles. The minimum absolute atomic E-state index is 0.0137. The van der Waals surface area contributed by atoms with Crippen molar-refractivity contribution >= 4 is 5.97 Å². The standard InChI is InChI=1S/C14H16F2O4/c1-9(8-20-10(2)17)14(15,16)13(18)11-4-6-12(19-3)7-5-11/h4-7,13,18H,1,8H2,2-3H3. The molecule has 0 amide bonds. The van der Waals surface area contributed by atoms with E-state index in [2.05, 4.69) is 11.3 Å². The molecule has 0 heterocycles. The van der Waals surface area contributed by atoms with Crippen molar-refractivity contribution < 1.29 is 28.2 Å². The van der Waals surface area contributed by atoms with Gasteiger partial charge >= 0.3 is 11.9 Å². The third-order valence-electron chi connectivity index (χ3n) is 2.70. The van der Waals surface area contributed by atoms with Gasteiger partial charge in [-0.2, -0.15) is 8.78 Å². The highest BCUT2D eigenvalue weighted by molar-refractivity contribution is 5.66. The molecule has 0 aliphatic rings. The first-order valence-corrected chi connectivity index (χ1v) is 5.80. The molecule has 1 aromatic rings. The molecule has 1 aromatic carbocycles. The molecule has 0 fully saturated rings. The Kier molecular flexibility index (Phi) is 5.21. The molecule has 1 rings (SSSR count). The monoisotopic (exact) mass is 286 g/mol. The Hall–Kier alpha value is -1.95. The number of hydrogen-bond donors (Lipinski definition) is 1. The van der Waals surface area contributed by atoms with Crippen LogP contribution < -0.4 is 4.74 Å². The molecule has 0 bridgehead atoms. The van der Waals surface area contributed by atoms with Gasteiger partial charge in [0.2, 0.25) is 0 Å². The Bertz CT molecular complexity index is 482. The zero-order chi connectivity index (χ0) is 15.3. The number of carbonyl (C=O) groups is 1. The summed E-state index contributed by atoms with van der Waals surface area (Å²) in [5.74, 6) is -3.81. The number of aliphatic hydroxyl groups excluding tert-OH is 1. The van der Waals surface area contributed by atoms with Crippen LogP contribution in [0.25, 0.3) is 0 Å². The average Bonchev–Trinajstić information content (AvgIpc) is 2.43. The fraction of sp³-hybridized carbons (Fsp3) is 0.357. The third-order valence-corrected chi connectivity index (χ3v) is 2.70. The molecule has 1 unspecified atom stereocenters. The number of carbonyl (C=O) groups excluding carboxylic acids is 1. The van der Waals surface area contributed by atoms with Crippen LogP contribution in [0.1, 0.15) is 18.6 Å². The molecule has 6 heteroatoms. The lowest BCUT2D eigenvalue weighted by Gasteiger charge is -2.24. The average molecular weight is 286 g/mol. The van der Waals surface area contributed by atoms with Crippen molar-refractivity contribution in [3.05, 3.63) is 42.0 Å². The lowest BCUT2D eigenvalue weighted by Crippen LogP contribution is -2.30. The summed E-state index contributed by atoms with van der Waals surface area (Å²) in [5.41, 5.74) is -0.657. The van der Waals surface area contributed by atoms with Gasteiger partial charge in [0.15, 0.2) is 0 Å². The topological polar surface area (TPSA) is 55.8 Å².